The first-order chi connectivity index (χ1) is 5.95. The molecule has 4 nitrogen and oxygen atoms in total. The lowest BCUT2D eigenvalue weighted by Gasteiger charge is -2.23. The van der Waals surface area contributed by atoms with E-state index in [2.05, 4.69) is 10.6 Å². The first-order valence-corrected chi connectivity index (χ1v) is 4.42. The molecule has 0 unspecified atom stereocenters. The van der Waals surface area contributed by atoms with Crippen LogP contribution in [-0.4, -0.2) is 25.7 Å². The maximum absolute atomic E-state index is 4.89. The summed E-state index contributed by atoms with van der Waals surface area (Å²) in [6.45, 7) is 2.74. The zero-order valence-corrected chi connectivity index (χ0v) is 7.01. The predicted octanol–water partition coefficient (Wildman–Crippen LogP) is 0.131. The Labute approximate surface area is 71.8 Å². The molecular formula is C8H14N2O2. The van der Waals surface area contributed by atoms with Crippen molar-refractivity contribution in [2.45, 2.75) is 18.9 Å². The summed E-state index contributed by atoms with van der Waals surface area (Å²) in [7, 11) is 0. The second-order valence-corrected chi connectivity index (χ2v) is 3.10. The molecule has 2 aliphatic heterocycles. The maximum Gasteiger partial charge on any atom is 0.229 e. The number of hydrogen-bond donors (Lipinski definition) is 2. The summed E-state index contributed by atoms with van der Waals surface area (Å²) in [6.07, 6.45) is 4.23. The third kappa shape index (κ3) is 1.89. The molecule has 0 amide bonds. The number of piperidine rings is 1. The average molecular weight is 170 g/mol. The summed E-state index contributed by atoms with van der Waals surface area (Å²) in [5, 5.41) is 6.60. The van der Waals surface area contributed by atoms with E-state index in [-0.39, 0.29) is 0 Å². The Bertz CT molecular complexity index is 176. The lowest BCUT2D eigenvalue weighted by Crippen LogP contribution is -2.39. The molecule has 68 valence electrons. The van der Waals surface area contributed by atoms with E-state index in [1.165, 1.54) is 0 Å². The van der Waals surface area contributed by atoms with Crippen molar-refractivity contribution in [1.82, 2.24) is 10.6 Å². The van der Waals surface area contributed by atoms with Gasteiger partial charge in [-0.05, 0) is 25.9 Å². The second kappa shape index (κ2) is 3.78. The Kier molecular flexibility index (Phi) is 2.48. The Balaban J connectivity index is 1.77. The topological polar surface area (TPSA) is 42.5 Å². The Morgan fingerprint density at radius 1 is 1.42 bits per heavy atom. The third-order valence-corrected chi connectivity index (χ3v) is 2.17. The molecule has 0 bridgehead atoms. The zero-order chi connectivity index (χ0) is 8.23. The first-order valence-electron chi connectivity index (χ1n) is 4.42. The quantitative estimate of drug-likeness (QED) is 0.578. The highest BCUT2D eigenvalue weighted by Crippen LogP contribution is 2.08. The Morgan fingerprint density at radius 2 is 2.25 bits per heavy atom. The SMILES string of the molecule is C1=C(NC2CCNCC2)OOC1. The molecule has 0 saturated carbocycles. The van der Waals surface area contributed by atoms with Gasteiger partial charge in [-0.3, -0.25) is 0 Å². The van der Waals surface area contributed by atoms with Gasteiger partial charge in [0.15, 0.2) is 0 Å². The van der Waals surface area contributed by atoms with Gasteiger partial charge >= 0.3 is 0 Å². The van der Waals surface area contributed by atoms with E-state index < -0.39 is 0 Å². The summed E-state index contributed by atoms with van der Waals surface area (Å²) in [5.41, 5.74) is 0. The van der Waals surface area contributed by atoms with Gasteiger partial charge in [-0.2, -0.15) is 4.89 Å². The summed E-state index contributed by atoms with van der Waals surface area (Å²) in [4.78, 5) is 9.61. The highest BCUT2D eigenvalue weighted by atomic mass is 17.2. The maximum atomic E-state index is 4.89. The minimum absolute atomic E-state index is 0.541. The van der Waals surface area contributed by atoms with Crippen LogP contribution in [0, 0.1) is 0 Å². The molecule has 4 heteroatoms. The molecule has 0 aromatic heterocycles. The van der Waals surface area contributed by atoms with Crippen LogP contribution in [0.25, 0.3) is 0 Å². The summed E-state index contributed by atoms with van der Waals surface area (Å²) < 4.78 is 0. The van der Waals surface area contributed by atoms with Crippen molar-refractivity contribution in [1.29, 1.82) is 0 Å². The first kappa shape index (κ1) is 7.89. The minimum atomic E-state index is 0.541. The van der Waals surface area contributed by atoms with Gasteiger partial charge in [0, 0.05) is 12.1 Å². The van der Waals surface area contributed by atoms with E-state index in [1.54, 1.807) is 0 Å². The lowest BCUT2D eigenvalue weighted by atomic mass is 10.1. The van der Waals surface area contributed by atoms with Crippen molar-refractivity contribution >= 4 is 0 Å². The molecule has 1 saturated heterocycles. The fraction of sp³-hybridized carbons (Fsp3) is 0.750. The van der Waals surface area contributed by atoms with Gasteiger partial charge in [-0.25, -0.2) is 0 Å². The fourth-order valence-electron chi connectivity index (χ4n) is 1.49. The van der Waals surface area contributed by atoms with Crippen LogP contribution < -0.4 is 10.6 Å². The lowest BCUT2D eigenvalue weighted by molar-refractivity contribution is -0.238. The van der Waals surface area contributed by atoms with Crippen LogP contribution in [-0.2, 0) is 9.78 Å². The molecule has 2 heterocycles. The molecule has 0 atom stereocenters. The molecule has 2 aliphatic rings. The zero-order valence-electron chi connectivity index (χ0n) is 7.01. The monoisotopic (exact) mass is 170 g/mol. The minimum Gasteiger partial charge on any atom is -0.351 e. The van der Waals surface area contributed by atoms with Gasteiger partial charge in [0.25, 0.3) is 0 Å². The van der Waals surface area contributed by atoms with Gasteiger partial charge in [0.2, 0.25) is 5.88 Å². The van der Waals surface area contributed by atoms with Gasteiger partial charge in [0.05, 0.1) is 0 Å². The van der Waals surface area contributed by atoms with Crippen LogP contribution in [0.5, 0.6) is 0 Å². The molecule has 0 radical (unpaired) electrons. The molecule has 0 aromatic rings. The highest BCUT2D eigenvalue weighted by Gasteiger charge is 2.16. The Hall–Kier alpha value is -0.740. The van der Waals surface area contributed by atoms with E-state index in [4.69, 9.17) is 9.78 Å². The summed E-state index contributed by atoms with van der Waals surface area (Å²) >= 11 is 0. The largest absolute Gasteiger partial charge is 0.351 e. The van der Waals surface area contributed by atoms with E-state index in [0.717, 1.165) is 31.8 Å². The van der Waals surface area contributed by atoms with Crippen molar-refractivity contribution in [2.24, 2.45) is 0 Å². The number of rotatable bonds is 2. The van der Waals surface area contributed by atoms with Gasteiger partial charge in [-0.15, -0.1) is 0 Å². The number of nitrogens with one attached hydrogen (secondary N) is 2. The molecule has 12 heavy (non-hydrogen) atoms. The molecule has 2 N–H and O–H groups in total. The molecule has 0 aliphatic carbocycles. The molecular weight excluding hydrogens is 156 g/mol. The Morgan fingerprint density at radius 3 is 2.92 bits per heavy atom. The standard InChI is InChI=1S/C8H14N2O2/c1-4-9-5-2-7(1)10-8-3-6-11-12-8/h3,7,9-10H,1-2,4-6H2. The van der Waals surface area contributed by atoms with Crippen LogP contribution >= 0.6 is 0 Å². The molecule has 2 rings (SSSR count). The van der Waals surface area contributed by atoms with Gasteiger partial charge in [-0.1, -0.05) is 0 Å². The summed E-state index contributed by atoms with van der Waals surface area (Å²) in [6, 6.07) is 0.541. The van der Waals surface area contributed by atoms with Crippen LogP contribution in [0.15, 0.2) is 12.0 Å². The van der Waals surface area contributed by atoms with E-state index in [0.29, 0.717) is 12.6 Å². The predicted molar refractivity (Wildman–Crippen MR) is 44.1 cm³/mol. The normalized spacial score (nSPS) is 24.8. The van der Waals surface area contributed by atoms with Crippen LogP contribution in [0.1, 0.15) is 12.8 Å². The smallest absolute Gasteiger partial charge is 0.229 e. The number of hydrogen-bond acceptors (Lipinski definition) is 4. The van der Waals surface area contributed by atoms with Crippen molar-refractivity contribution < 1.29 is 9.78 Å². The highest BCUT2D eigenvalue weighted by molar-refractivity contribution is 4.95. The molecule has 0 aromatic carbocycles. The van der Waals surface area contributed by atoms with Gasteiger partial charge in [0.1, 0.15) is 6.61 Å². The summed E-state index contributed by atoms with van der Waals surface area (Å²) in [5.74, 6) is 0.780. The van der Waals surface area contributed by atoms with Crippen LogP contribution in [0.2, 0.25) is 0 Å². The van der Waals surface area contributed by atoms with Crippen LogP contribution in [0.3, 0.4) is 0 Å². The fourth-order valence-corrected chi connectivity index (χ4v) is 1.49. The van der Waals surface area contributed by atoms with Crippen LogP contribution in [0.4, 0.5) is 0 Å². The third-order valence-electron chi connectivity index (χ3n) is 2.17. The van der Waals surface area contributed by atoms with Crippen molar-refractivity contribution in [3.63, 3.8) is 0 Å². The van der Waals surface area contributed by atoms with Crippen molar-refractivity contribution in [3.8, 4) is 0 Å². The van der Waals surface area contributed by atoms with Crippen molar-refractivity contribution in [2.75, 3.05) is 19.7 Å². The van der Waals surface area contributed by atoms with Crippen molar-refractivity contribution in [3.05, 3.63) is 12.0 Å². The second-order valence-electron chi connectivity index (χ2n) is 3.10. The molecule has 0 spiro atoms. The molecule has 1 fully saturated rings. The van der Waals surface area contributed by atoms with E-state index >= 15 is 0 Å². The van der Waals surface area contributed by atoms with E-state index in [1.807, 2.05) is 6.08 Å². The average Bonchev–Trinajstić information content (AvgIpc) is 2.59. The van der Waals surface area contributed by atoms with Gasteiger partial charge < -0.3 is 15.5 Å². The van der Waals surface area contributed by atoms with E-state index in [9.17, 15) is 0 Å².